The zero-order chi connectivity index (χ0) is 19.3. The molecule has 0 saturated heterocycles. The van der Waals surface area contributed by atoms with Crippen molar-refractivity contribution in [3.05, 3.63) is 72.1 Å². The summed E-state index contributed by atoms with van der Waals surface area (Å²) in [6, 6.07) is 19.6. The molecule has 0 spiro atoms. The Kier molecular flexibility index (Phi) is 5.69. The lowest BCUT2D eigenvalue weighted by atomic mass is 9.82. The summed E-state index contributed by atoms with van der Waals surface area (Å²) in [4.78, 5) is 16.9. The van der Waals surface area contributed by atoms with Crippen molar-refractivity contribution < 1.29 is 9.32 Å². The molecule has 1 amide bonds. The van der Waals surface area contributed by atoms with Gasteiger partial charge in [0.2, 0.25) is 17.6 Å². The molecule has 3 aromatic rings. The number of aryl methyl sites for hydroxylation is 1. The van der Waals surface area contributed by atoms with Gasteiger partial charge in [-0.05, 0) is 11.0 Å². The predicted molar refractivity (Wildman–Crippen MR) is 105 cm³/mol. The highest BCUT2D eigenvalue weighted by Crippen LogP contribution is 2.32. The molecule has 0 radical (unpaired) electrons. The van der Waals surface area contributed by atoms with E-state index in [2.05, 4.69) is 36.2 Å². The van der Waals surface area contributed by atoms with Crippen LogP contribution in [0.25, 0.3) is 11.4 Å². The molecule has 5 nitrogen and oxygen atoms in total. The summed E-state index contributed by atoms with van der Waals surface area (Å²) >= 11 is 0. The van der Waals surface area contributed by atoms with Crippen LogP contribution in [0.2, 0.25) is 0 Å². The van der Waals surface area contributed by atoms with E-state index in [1.165, 1.54) is 0 Å². The first-order valence-electron chi connectivity index (χ1n) is 9.16. The van der Waals surface area contributed by atoms with Gasteiger partial charge in [-0.2, -0.15) is 4.98 Å². The predicted octanol–water partition coefficient (Wildman–Crippen LogP) is 4.57. The molecule has 3 rings (SSSR count). The Balaban J connectivity index is 1.61. The number of hydrogen-bond donors (Lipinski definition) is 1. The lowest BCUT2D eigenvalue weighted by Gasteiger charge is -2.32. The fourth-order valence-corrected chi connectivity index (χ4v) is 2.96. The third kappa shape index (κ3) is 5.03. The molecule has 140 valence electrons. The molecule has 0 saturated carbocycles. The van der Waals surface area contributed by atoms with Gasteiger partial charge in [0.25, 0.3) is 0 Å². The summed E-state index contributed by atoms with van der Waals surface area (Å²) in [5, 5.41) is 7.15. The van der Waals surface area contributed by atoms with Crippen LogP contribution in [0.4, 0.5) is 0 Å². The Morgan fingerprint density at radius 3 is 2.30 bits per heavy atom. The zero-order valence-electron chi connectivity index (χ0n) is 16.0. The molecule has 1 N–H and O–H groups in total. The average Bonchev–Trinajstić information content (AvgIpc) is 3.14. The number of carbonyl (C=O) groups is 1. The Labute approximate surface area is 159 Å². The van der Waals surface area contributed by atoms with E-state index in [1.54, 1.807) is 0 Å². The van der Waals surface area contributed by atoms with Crippen molar-refractivity contribution in [3.8, 4) is 11.4 Å². The second kappa shape index (κ2) is 8.16. The first kappa shape index (κ1) is 18.8. The molecule has 1 heterocycles. The van der Waals surface area contributed by atoms with E-state index >= 15 is 0 Å². The van der Waals surface area contributed by atoms with Gasteiger partial charge in [-0.15, -0.1) is 0 Å². The Morgan fingerprint density at radius 2 is 1.67 bits per heavy atom. The Hall–Kier alpha value is -2.95. The van der Waals surface area contributed by atoms with Gasteiger partial charge in [0.05, 0.1) is 6.04 Å². The van der Waals surface area contributed by atoms with Gasteiger partial charge in [0.15, 0.2) is 0 Å². The third-order valence-corrected chi connectivity index (χ3v) is 4.37. The van der Waals surface area contributed by atoms with Crippen molar-refractivity contribution in [2.75, 3.05) is 0 Å². The molecule has 0 bridgehead atoms. The van der Waals surface area contributed by atoms with Crippen molar-refractivity contribution in [2.24, 2.45) is 5.41 Å². The maximum absolute atomic E-state index is 12.5. The van der Waals surface area contributed by atoms with E-state index in [0.717, 1.165) is 11.1 Å². The molecule has 0 fully saturated rings. The molecule has 0 aliphatic heterocycles. The van der Waals surface area contributed by atoms with E-state index in [4.69, 9.17) is 4.52 Å². The van der Waals surface area contributed by atoms with Gasteiger partial charge >= 0.3 is 0 Å². The SMILES string of the molecule is CC(C)(C)C(NC(=O)CCc1nc(-c2ccccc2)no1)c1ccccc1. The highest BCUT2D eigenvalue weighted by Gasteiger charge is 2.27. The van der Waals surface area contributed by atoms with Crippen LogP contribution in [0.3, 0.4) is 0 Å². The van der Waals surface area contributed by atoms with Crippen LogP contribution in [0.1, 0.15) is 44.7 Å². The summed E-state index contributed by atoms with van der Waals surface area (Å²) in [6.45, 7) is 6.36. The second-order valence-electron chi connectivity index (χ2n) is 7.65. The summed E-state index contributed by atoms with van der Waals surface area (Å²) < 4.78 is 5.29. The summed E-state index contributed by atoms with van der Waals surface area (Å²) in [6.07, 6.45) is 0.715. The quantitative estimate of drug-likeness (QED) is 0.696. The van der Waals surface area contributed by atoms with Gasteiger partial charge in [-0.1, -0.05) is 86.6 Å². The summed E-state index contributed by atoms with van der Waals surface area (Å²) in [7, 11) is 0. The van der Waals surface area contributed by atoms with Crippen molar-refractivity contribution in [2.45, 2.75) is 39.7 Å². The van der Waals surface area contributed by atoms with E-state index in [9.17, 15) is 4.79 Å². The fraction of sp³-hybridized carbons (Fsp3) is 0.318. The van der Waals surface area contributed by atoms with E-state index in [-0.39, 0.29) is 17.4 Å². The van der Waals surface area contributed by atoms with Crippen LogP contribution in [0.15, 0.2) is 65.2 Å². The second-order valence-corrected chi connectivity index (χ2v) is 7.65. The first-order chi connectivity index (χ1) is 12.9. The number of amides is 1. The maximum Gasteiger partial charge on any atom is 0.227 e. The van der Waals surface area contributed by atoms with E-state index in [1.807, 2.05) is 60.7 Å². The molecule has 1 aromatic heterocycles. The van der Waals surface area contributed by atoms with Gasteiger partial charge < -0.3 is 9.84 Å². The van der Waals surface area contributed by atoms with E-state index < -0.39 is 0 Å². The monoisotopic (exact) mass is 363 g/mol. The minimum absolute atomic E-state index is 0.0294. The molecule has 1 atom stereocenters. The average molecular weight is 363 g/mol. The maximum atomic E-state index is 12.5. The minimum atomic E-state index is -0.0953. The van der Waals surface area contributed by atoms with Crippen molar-refractivity contribution >= 4 is 5.91 Å². The van der Waals surface area contributed by atoms with Crippen LogP contribution in [0, 0.1) is 5.41 Å². The number of benzene rings is 2. The van der Waals surface area contributed by atoms with Gasteiger partial charge in [-0.3, -0.25) is 4.79 Å². The Bertz CT molecular complexity index is 867. The molecule has 2 aromatic carbocycles. The smallest absolute Gasteiger partial charge is 0.227 e. The number of aromatic nitrogens is 2. The zero-order valence-corrected chi connectivity index (χ0v) is 16.0. The van der Waals surface area contributed by atoms with Crippen molar-refractivity contribution in [1.29, 1.82) is 0 Å². The summed E-state index contributed by atoms with van der Waals surface area (Å²) in [5.41, 5.74) is 1.90. The van der Waals surface area contributed by atoms with Crippen LogP contribution in [0.5, 0.6) is 0 Å². The van der Waals surface area contributed by atoms with Crippen molar-refractivity contribution in [1.82, 2.24) is 15.5 Å². The molecule has 5 heteroatoms. The van der Waals surface area contributed by atoms with Crippen LogP contribution in [-0.2, 0) is 11.2 Å². The van der Waals surface area contributed by atoms with Gasteiger partial charge in [0, 0.05) is 18.4 Å². The molecule has 0 aliphatic carbocycles. The highest BCUT2D eigenvalue weighted by atomic mass is 16.5. The van der Waals surface area contributed by atoms with Crippen molar-refractivity contribution in [3.63, 3.8) is 0 Å². The van der Waals surface area contributed by atoms with Crippen LogP contribution < -0.4 is 5.32 Å². The van der Waals surface area contributed by atoms with E-state index in [0.29, 0.717) is 24.6 Å². The standard InChI is InChI=1S/C22H25N3O2/c1-22(2,3)20(16-10-6-4-7-11-16)23-18(26)14-15-19-24-21(25-27-19)17-12-8-5-9-13-17/h4-13,20H,14-15H2,1-3H3,(H,23,26). The lowest BCUT2D eigenvalue weighted by molar-refractivity contribution is -0.122. The fourth-order valence-electron chi connectivity index (χ4n) is 2.96. The molecular formula is C22H25N3O2. The number of carbonyl (C=O) groups excluding carboxylic acids is 1. The largest absolute Gasteiger partial charge is 0.349 e. The first-order valence-corrected chi connectivity index (χ1v) is 9.16. The number of rotatable bonds is 6. The molecular weight excluding hydrogens is 338 g/mol. The lowest BCUT2D eigenvalue weighted by Crippen LogP contribution is -2.36. The van der Waals surface area contributed by atoms with Crippen LogP contribution >= 0.6 is 0 Å². The molecule has 27 heavy (non-hydrogen) atoms. The number of nitrogens with one attached hydrogen (secondary N) is 1. The molecule has 1 unspecified atom stereocenters. The summed E-state index contributed by atoms with van der Waals surface area (Å²) in [5.74, 6) is 0.983. The number of hydrogen-bond acceptors (Lipinski definition) is 4. The number of nitrogens with zero attached hydrogens (tertiary/aromatic N) is 2. The molecule has 0 aliphatic rings. The van der Waals surface area contributed by atoms with Gasteiger partial charge in [-0.25, -0.2) is 0 Å². The highest BCUT2D eigenvalue weighted by molar-refractivity contribution is 5.76. The normalized spacial score (nSPS) is 12.6. The van der Waals surface area contributed by atoms with Crippen LogP contribution in [-0.4, -0.2) is 16.0 Å². The topological polar surface area (TPSA) is 68.0 Å². The Morgan fingerprint density at radius 1 is 1.04 bits per heavy atom. The minimum Gasteiger partial charge on any atom is -0.349 e. The van der Waals surface area contributed by atoms with Gasteiger partial charge in [0.1, 0.15) is 0 Å². The third-order valence-electron chi connectivity index (χ3n) is 4.37.